The molecule has 18 heavy (non-hydrogen) atoms. The third-order valence-electron chi connectivity index (χ3n) is 2.98. The Kier molecular flexibility index (Phi) is 4.29. The van der Waals surface area contributed by atoms with Crippen molar-refractivity contribution in [3.8, 4) is 0 Å². The predicted molar refractivity (Wildman–Crippen MR) is 71.6 cm³/mol. The molecule has 0 spiro atoms. The van der Waals surface area contributed by atoms with Gasteiger partial charge in [0.25, 0.3) is 0 Å². The lowest BCUT2D eigenvalue weighted by Gasteiger charge is -2.00. The van der Waals surface area contributed by atoms with Gasteiger partial charge in [-0.1, -0.05) is 30.3 Å². The molecular weight excluding hydrogens is 224 g/mol. The average molecular weight is 242 g/mol. The second kappa shape index (κ2) is 6.15. The summed E-state index contributed by atoms with van der Waals surface area (Å²) in [5.74, 6) is 0.221. The monoisotopic (exact) mass is 242 g/mol. The number of hydrogen-bond donors (Lipinski definition) is 0. The maximum atomic E-state index is 11.9. The van der Waals surface area contributed by atoms with Crippen LogP contribution in [0.3, 0.4) is 0 Å². The molecule has 0 aliphatic heterocycles. The van der Waals surface area contributed by atoms with Gasteiger partial charge in [-0.2, -0.15) is 5.10 Å². The number of hydrogen-bond acceptors (Lipinski definition) is 2. The van der Waals surface area contributed by atoms with E-state index in [1.807, 2.05) is 47.4 Å². The van der Waals surface area contributed by atoms with Gasteiger partial charge in [-0.05, 0) is 25.3 Å². The largest absolute Gasteiger partial charge is 0.294 e. The molecule has 0 unspecified atom stereocenters. The average Bonchev–Trinajstić information content (AvgIpc) is 2.87. The highest BCUT2D eigenvalue weighted by atomic mass is 16.1. The first-order valence-electron chi connectivity index (χ1n) is 6.39. The van der Waals surface area contributed by atoms with Gasteiger partial charge in [-0.3, -0.25) is 9.48 Å². The van der Waals surface area contributed by atoms with E-state index in [0.717, 1.165) is 24.9 Å². The molecule has 0 aliphatic carbocycles. The SMILES string of the molecule is CCn1cc(CCCC(=O)c2ccccc2)cn1. The van der Waals surface area contributed by atoms with Crippen LogP contribution < -0.4 is 0 Å². The van der Waals surface area contributed by atoms with Crippen molar-refractivity contribution in [3.05, 3.63) is 53.9 Å². The van der Waals surface area contributed by atoms with E-state index in [0.29, 0.717) is 6.42 Å². The smallest absolute Gasteiger partial charge is 0.162 e. The lowest BCUT2D eigenvalue weighted by Crippen LogP contribution is -1.99. The van der Waals surface area contributed by atoms with E-state index in [-0.39, 0.29) is 5.78 Å². The Balaban J connectivity index is 1.80. The minimum Gasteiger partial charge on any atom is -0.294 e. The lowest BCUT2D eigenvalue weighted by atomic mass is 10.0. The number of benzene rings is 1. The summed E-state index contributed by atoms with van der Waals surface area (Å²) in [5, 5.41) is 4.22. The third kappa shape index (κ3) is 3.29. The molecule has 3 heteroatoms. The van der Waals surface area contributed by atoms with Gasteiger partial charge in [0.15, 0.2) is 5.78 Å². The van der Waals surface area contributed by atoms with Gasteiger partial charge in [0, 0.05) is 24.7 Å². The van der Waals surface area contributed by atoms with Crippen molar-refractivity contribution in [3.63, 3.8) is 0 Å². The van der Waals surface area contributed by atoms with E-state index < -0.39 is 0 Å². The summed E-state index contributed by atoms with van der Waals surface area (Å²) in [6.45, 7) is 2.96. The van der Waals surface area contributed by atoms with Gasteiger partial charge in [0.2, 0.25) is 0 Å². The quantitative estimate of drug-likeness (QED) is 0.729. The lowest BCUT2D eigenvalue weighted by molar-refractivity contribution is 0.0980. The van der Waals surface area contributed by atoms with E-state index in [4.69, 9.17) is 0 Å². The molecule has 2 rings (SSSR count). The Hall–Kier alpha value is -1.90. The molecule has 0 atom stereocenters. The minimum absolute atomic E-state index is 0.221. The van der Waals surface area contributed by atoms with Crippen LogP contribution in [0.15, 0.2) is 42.7 Å². The Morgan fingerprint density at radius 1 is 1.28 bits per heavy atom. The van der Waals surface area contributed by atoms with Crippen LogP contribution in [0.1, 0.15) is 35.7 Å². The van der Waals surface area contributed by atoms with Gasteiger partial charge in [0.05, 0.1) is 6.20 Å². The summed E-state index contributed by atoms with van der Waals surface area (Å²) in [6, 6.07) is 9.47. The number of carbonyl (C=O) groups excluding carboxylic acids is 1. The third-order valence-corrected chi connectivity index (χ3v) is 2.98. The van der Waals surface area contributed by atoms with E-state index in [1.54, 1.807) is 0 Å². The van der Waals surface area contributed by atoms with Gasteiger partial charge in [-0.15, -0.1) is 0 Å². The summed E-state index contributed by atoms with van der Waals surface area (Å²) in [7, 11) is 0. The van der Waals surface area contributed by atoms with Gasteiger partial charge in [-0.25, -0.2) is 0 Å². The molecule has 3 nitrogen and oxygen atoms in total. The van der Waals surface area contributed by atoms with Crippen molar-refractivity contribution >= 4 is 5.78 Å². The minimum atomic E-state index is 0.221. The second-order valence-electron chi connectivity index (χ2n) is 4.35. The van der Waals surface area contributed by atoms with Crippen molar-refractivity contribution in [2.24, 2.45) is 0 Å². The molecule has 1 heterocycles. The van der Waals surface area contributed by atoms with Crippen LogP contribution in [0, 0.1) is 0 Å². The molecule has 0 N–H and O–H groups in total. The molecule has 1 aromatic heterocycles. The van der Waals surface area contributed by atoms with Crippen molar-refractivity contribution in [1.82, 2.24) is 9.78 Å². The van der Waals surface area contributed by atoms with Crippen LogP contribution in [0.4, 0.5) is 0 Å². The van der Waals surface area contributed by atoms with Gasteiger partial charge >= 0.3 is 0 Å². The number of carbonyl (C=O) groups is 1. The summed E-state index contributed by atoms with van der Waals surface area (Å²) in [4.78, 5) is 11.9. The molecule has 2 aromatic rings. The zero-order valence-electron chi connectivity index (χ0n) is 10.7. The van der Waals surface area contributed by atoms with E-state index >= 15 is 0 Å². The molecule has 0 saturated heterocycles. The van der Waals surface area contributed by atoms with Crippen LogP contribution in [-0.4, -0.2) is 15.6 Å². The highest BCUT2D eigenvalue weighted by Gasteiger charge is 2.05. The fourth-order valence-corrected chi connectivity index (χ4v) is 1.93. The Morgan fingerprint density at radius 3 is 2.72 bits per heavy atom. The van der Waals surface area contributed by atoms with Crippen LogP contribution >= 0.6 is 0 Å². The van der Waals surface area contributed by atoms with Crippen molar-refractivity contribution in [1.29, 1.82) is 0 Å². The van der Waals surface area contributed by atoms with Crippen molar-refractivity contribution < 1.29 is 4.79 Å². The molecule has 0 fully saturated rings. The van der Waals surface area contributed by atoms with E-state index in [9.17, 15) is 4.79 Å². The first-order chi connectivity index (χ1) is 8.79. The molecule has 0 aliphatic rings. The standard InChI is InChI=1S/C15H18N2O/c1-2-17-12-13(11-16-17)7-6-10-15(18)14-8-4-3-5-9-14/h3-5,8-9,11-12H,2,6-7,10H2,1H3. The van der Waals surface area contributed by atoms with E-state index in [2.05, 4.69) is 12.0 Å². The molecule has 0 amide bonds. The molecule has 94 valence electrons. The second-order valence-corrected chi connectivity index (χ2v) is 4.35. The summed E-state index contributed by atoms with van der Waals surface area (Å²) < 4.78 is 1.91. The van der Waals surface area contributed by atoms with Crippen LogP contribution in [-0.2, 0) is 13.0 Å². The van der Waals surface area contributed by atoms with Crippen LogP contribution in [0.25, 0.3) is 0 Å². The molecule has 0 radical (unpaired) electrons. The zero-order chi connectivity index (χ0) is 12.8. The number of aromatic nitrogens is 2. The van der Waals surface area contributed by atoms with Crippen molar-refractivity contribution in [2.45, 2.75) is 32.7 Å². The highest BCUT2D eigenvalue weighted by molar-refractivity contribution is 5.95. The number of aryl methyl sites for hydroxylation is 2. The first-order valence-corrected chi connectivity index (χ1v) is 6.39. The maximum Gasteiger partial charge on any atom is 0.162 e. The molecule has 0 saturated carbocycles. The normalized spacial score (nSPS) is 10.5. The molecular formula is C15H18N2O. The highest BCUT2D eigenvalue weighted by Crippen LogP contribution is 2.09. The van der Waals surface area contributed by atoms with Crippen LogP contribution in [0.2, 0.25) is 0 Å². The van der Waals surface area contributed by atoms with Gasteiger partial charge in [0.1, 0.15) is 0 Å². The summed E-state index contributed by atoms with van der Waals surface area (Å²) in [6.07, 6.45) is 6.33. The van der Waals surface area contributed by atoms with Gasteiger partial charge < -0.3 is 0 Å². The first kappa shape index (κ1) is 12.6. The fourth-order valence-electron chi connectivity index (χ4n) is 1.93. The number of rotatable bonds is 6. The van der Waals surface area contributed by atoms with E-state index in [1.165, 1.54) is 5.56 Å². The predicted octanol–water partition coefficient (Wildman–Crippen LogP) is 3.11. The number of Topliss-reactive ketones (excluding diaryl/α,β-unsaturated/α-hetero) is 1. The Morgan fingerprint density at radius 2 is 2.06 bits per heavy atom. The fraction of sp³-hybridized carbons (Fsp3) is 0.333. The molecule has 0 bridgehead atoms. The topological polar surface area (TPSA) is 34.9 Å². The summed E-state index contributed by atoms with van der Waals surface area (Å²) >= 11 is 0. The Labute approximate surface area is 107 Å². The number of ketones is 1. The number of nitrogens with zero attached hydrogens (tertiary/aromatic N) is 2. The van der Waals surface area contributed by atoms with Crippen molar-refractivity contribution in [2.75, 3.05) is 0 Å². The zero-order valence-corrected chi connectivity index (χ0v) is 10.7. The maximum absolute atomic E-state index is 11.9. The Bertz CT molecular complexity index is 502. The molecule has 1 aromatic carbocycles. The van der Waals surface area contributed by atoms with Crippen LogP contribution in [0.5, 0.6) is 0 Å². The summed E-state index contributed by atoms with van der Waals surface area (Å²) in [5.41, 5.74) is 2.01.